The van der Waals surface area contributed by atoms with Gasteiger partial charge in [-0.2, -0.15) is 5.10 Å². The molecule has 2 aromatic rings. The van der Waals surface area contributed by atoms with E-state index in [0.717, 1.165) is 16.8 Å². The van der Waals surface area contributed by atoms with Gasteiger partial charge < -0.3 is 5.73 Å². The van der Waals surface area contributed by atoms with Crippen molar-refractivity contribution in [1.29, 1.82) is 5.41 Å². The molecule has 1 aromatic heterocycles. The second-order valence-corrected chi connectivity index (χ2v) is 4.54. The van der Waals surface area contributed by atoms with Crippen molar-refractivity contribution in [2.24, 2.45) is 5.73 Å². The van der Waals surface area contributed by atoms with E-state index in [1.165, 1.54) is 6.07 Å². The fourth-order valence-electron chi connectivity index (χ4n) is 1.94. The summed E-state index contributed by atoms with van der Waals surface area (Å²) in [7, 11) is 0. The molecule has 0 fully saturated rings. The highest BCUT2D eigenvalue weighted by molar-refractivity contribution is 5.92. The maximum atomic E-state index is 11.7. The van der Waals surface area contributed by atoms with E-state index >= 15 is 0 Å². The van der Waals surface area contributed by atoms with E-state index in [4.69, 9.17) is 11.1 Å². The predicted molar refractivity (Wildman–Crippen MR) is 75.1 cm³/mol. The molecule has 0 atom stereocenters. The van der Waals surface area contributed by atoms with Gasteiger partial charge in [0, 0.05) is 11.8 Å². The molecule has 0 aliphatic heterocycles. The van der Waals surface area contributed by atoms with Gasteiger partial charge >= 0.3 is 0 Å². The summed E-state index contributed by atoms with van der Waals surface area (Å²) >= 11 is 0. The minimum absolute atomic E-state index is 0.0218. The Morgan fingerprint density at radius 1 is 1.32 bits per heavy atom. The first-order valence-corrected chi connectivity index (χ1v) is 5.93. The van der Waals surface area contributed by atoms with Crippen LogP contribution in [0.1, 0.15) is 22.5 Å². The lowest BCUT2D eigenvalue weighted by Gasteiger charge is -2.14. The van der Waals surface area contributed by atoms with E-state index in [1.54, 1.807) is 11.6 Å². The number of nitrogens with one attached hydrogen (secondary N) is 1. The van der Waals surface area contributed by atoms with Crippen LogP contribution in [0.3, 0.4) is 0 Å². The van der Waals surface area contributed by atoms with E-state index in [-0.39, 0.29) is 17.0 Å². The molecule has 0 unspecified atom stereocenters. The first-order valence-electron chi connectivity index (χ1n) is 5.93. The van der Waals surface area contributed by atoms with Gasteiger partial charge in [-0.15, -0.1) is 0 Å². The molecule has 0 aliphatic carbocycles. The number of nitrogens with zero attached hydrogens (tertiary/aromatic N) is 2. The number of aryl methyl sites for hydroxylation is 2. The zero-order valence-electron chi connectivity index (χ0n) is 11.2. The summed E-state index contributed by atoms with van der Waals surface area (Å²) in [6.07, 6.45) is 0. The van der Waals surface area contributed by atoms with Gasteiger partial charge in [0.1, 0.15) is 5.84 Å². The number of amidine groups is 1. The van der Waals surface area contributed by atoms with Gasteiger partial charge in [0.05, 0.1) is 5.69 Å². The van der Waals surface area contributed by atoms with Crippen LogP contribution in [0, 0.1) is 26.2 Å². The van der Waals surface area contributed by atoms with Gasteiger partial charge in [0.15, 0.2) is 5.69 Å². The fourth-order valence-corrected chi connectivity index (χ4v) is 1.94. The number of nitrogens with two attached hydrogens (primary N) is 1. The summed E-state index contributed by atoms with van der Waals surface area (Å²) in [6.45, 7) is 5.82. The Balaban J connectivity index is 2.76. The largest absolute Gasteiger partial charge is 0.382 e. The smallest absolute Gasteiger partial charge is 0.211 e. The summed E-state index contributed by atoms with van der Waals surface area (Å²) in [5, 5.41) is 11.6. The molecule has 3 N–H and O–H groups in total. The van der Waals surface area contributed by atoms with Gasteiger partial charge in [0.2, 0.25) is 5.43 Å². The van der Waals surface area contributed by atoms with Crippen molar-refractivity contribution in [1.82, 2.24) is 9.78 Å². The second kappa shape index (κ2) is 4.68. The van der Waals surface area contributed by atoms with Crippen LogP contribution in [0.15, 0.2) is 29.1 Å². The summed E-state index contributed by atoms with van der Waals surface area (Å²) in [6, 6.07) is 7.33. The molecule has 0 bridgehead atoms. The normalized spacial score (nSPS) is 10.5. The van der Waals surface area contributed by atoms with E-state index < -0.39 is 0 Å². The van der Waals surface area contributed by atoms with Gasteiger partial charge in [0.25, 0.3) is 0 Å². The fraction of sp³-hybridized carbons (Fsp3) is 0.214. The molecule has 2 rings (SSSR count). The van der Waals surface area contributed by atoms with Crippen molar-refractivity contribution < 1.29 is 0 Å². The quantitative estimate of drug-likeness (QED) is 0.630. The van der Waals surface area contributed by atoms with Gasteiger partial charge in [-0.3, -0.25) is 10.2 Å². The first-order chi connectivity index (χ1) is 8.91. The Kier molecular flexibility index (Phi) is 3.21. The molecular formula is C14H16N4O. The maximum absolute atomic E-state index is 11.7. The highest BCUT2D eigenvalue weighted by Gasteiger charge is 2.11. The molecular weight excluding hydrogens is 240 g/mol. The maximum Gasteiger partial charge on any atom is 0.211 e. The number of nitrogen functional groups attached to an aromatic ring is 1. The molecule has 1 heterocycles. The Labute approximate surface area is 111 Å². The average Bonchev–Trinajstić information content (AvgIpc) is 2.33. The van der Waals surface area contributed by atoms with Crippen LogP contribution in [0.25, 0.3) is 5.69 Å². The Morgan fingerprint density at radius 2 is 2.00 bits per heavy atom. The van der Waals surface area contributed by atoms with E-state index in [2.05, 4.69) is 5.10 Å². The molecule has 0 aliphatic rings. The third-order valence-electron chi connectivity index (χ3n) is 3.17. The molecule has 0 saturated carbocycles. The standard InChI is InChI=1S/C14H16N4O/c1-8-5-4-6-11(10(8)3)18-9(2)7-12(19)13(17-18)14(15)16/h4-7H,1-3H3,(H3,15,16). The monoisotopic (exact) mass is 256 g/mol. The van der Waals surface area contributed by atoms with Crippen molar-refractivity contribution in [3.63, 3.8) is 0 Å². The number of aromatic nitrogens is 2. The lowest BCUT2D eigenvalue weighted by atomic mass is 10.1. The molecule has 5 heteroatoms. The molecule has 5 nitrogen and oxygen atoms in total. The minimum atomic E-state index is -0.327. The van der Waals surface area contributed by atoms with Gasteiger partial charge in [-0.25, -0.2) is 4.68 Å². The van der Waals surface area contributed by atoms with Crippen LogP contribution in [-0.2, 0) is 0 Å². The van der Waals surface area contributed by atoms with Crippen molar-refractivity contribution in [3.8, 4) is 5.69 Å². The molecule has 0 spiro atoms. The molecule has 0 amide bonds. The summed E-state index contributed by atoms with van der Waals surface area (Å²) in [5.74, 6) is -0.316. The zero-order chi connectivity index (χ0) is 14.2. The Hall–Kier alpha value is -2.43. The Bertz CT molecular complexity index is 716. The van der Waals surface area contributed by atoms with Crippen LogP contribution in [0.2, 0.25) is 0 Å². The van der Waals surface area contributed by atoms with Crippen LogP contribution in [0.4, 0.5) is 0 Å². The molecule has 0 radical (unpaired) electrons. The molecule has 1 aromatic carbocycles. The van der Waals surface area contributed by atoms with Crippen molar-refractivity contribution in [2.45, 2.75) is 20.8 Å². The first kappa shape index (κ1) is 13.0. The van der Waals surface area contributed by atoms with E-state index in [9.17, 15) is 4.79 Å². The lowest BCUT2D eigenvalue weighted by Crippen LogP contribution is -2.27. The zero-order valence-corrected chi connectivity index (χ0v) is 11.2. The van der Waals surface area contributed by atoms with Crippen molar-refractivity contribution in [2.75, 3.05) is 0 Å². The predicted octanol–water partition coefficient (Wildman–Crippen LogP) is 1.44. The SMILES string of the molecule is Cc1cccc(-n2nc(C(=N)N)c(=O)cc2C)c1C. The topological polar surface area (TPSA) is 84.8 Å². The van der Waals surface area contributed by atoms with Crippen LogP contribution in [-0.4, -0.2) is 15.6 Å². The third-order valence-corrected chi connectivity index (χ3v) is 3.17. The summed E-state index contributed by atoms with van der Waals surface area (Å²) in [5.41, 5.74) is 8.86. The Morgan fingerprint density at radius 3 is 2.63 bits per heavy atom. The number of benzene rings is 1. The summed E-state index contributed by atoms with van der Waals surface area (Å²) < 4.78 is 1.65. The average molecular weight is 256 g/mol. The van der Waals surface area contributed by atoms with Crippen LogP contribution in [0.5, 0.6) is 0 Å². The molecule has 98 valence electrons. The van der Waals surface area contributed by atoms with Gasteiger partial charge in [-0.05, 0) is 38.0 Å². The summed E-state index contributed by atoms with van der Waals surface area (Å²) in [4.78, 5) is 11.7. The minimum Gasteiger partial charge on any atom is -0.382 e. The lowest BCUT2D eigenvalue weighted by molar-refractivity contribution is 0.785. The third kappa shape index (κ3) is 2.27. The van der Waals surface area contributed by atoms with Crippen molar-refractivity contribution in [3.05, 3.63) is 57.0 Å². The van der Waals surface area contributed by atoms with Crippen molar-refractivity contribution >= 4 is 5.84 Å². The highest BCUT2D eigenvalue weighted by atomic mass is 16.1. The van der Waals surface area contributed by atoms with E-state index in [1.807, 2.05) is 32.0 Å². The highest BCUT2D eigenvalue weighted by Crippen LogP contribution is 2.17. The van der Waals surface area contributed by atoms with E-state index in [0.29, 0.717) is 5.69 Å². The molecule has 0 saturated heterocycles. The second-order valence-electron chi connectivity index (χ2n) is 4.54. The number of hydrogen-bond donors (Lipinski definition) is 2. The number of hydrogen-bond acceptors (Lipinski definition) is 3. The number of rotatable bonds is 2. The van der Waals surface area contributed by atoms with Crippen LogP contribution >= 0.6 is 0 Å². The molecule has 19 heavy (non-hydrogen) atoms. The van der Waals surface area contributed by atoms with Gasteiger partial charge in [-0.1, -0.05) is 12.1 Å². The van der Waals surface area contributed by atoms with Crippen LogP contribution < -0.4 is 11.2 Å².